The number of carbonyl (C=O) groups is 1. The van der Waals surface area contributed by atoms with Crippen molar-refractivity contribution in [3.05, 3.63) is 53.9 Å². The molecule has 2 aromatic rings. The number of nitrogens with one attached hydrogen (secondary N) is 1. The number of rotatable bonds is 6. The Morgan fingerprint density at radius 2 is 1.54 bits per heavy atom. The van der Waals surface area contributed by atoms with Crippen LogP contribution in [-0.2, 0) is 17.1 Å². The van der Waals surface area contributed by atoms with Gasteiger partial charge in [0.2, 0.25) is 5.91 Å². The van der Waals surface area contributed by atoms with Crippen LogP contribution in [0.1, 0.15) is 49.8 Å². The average Bonchev–Trinajstić information content (AvgIpc) is 2.87. The number of carbonyl (C=O) groups excluding carboxylic acids is 1. The van der Waals surface area contributed by atoms with Crippen LogP contribution in [0.4, 0.5) is 37.7 Å². The van der Waals surface area contributed by atoms with E-state index in [1.54, 1.807) is 0 Å². The summed E-state index contributed by atoms with van der Waals surface area (Å²) < 4.78 is 76.9. The SMILES string of the molecule is O=C(CCC1CCN(c2ccc(C(F)(F)F)cc2)CC1)N1CCC(Nc2ccnc(C(F)(F)F)c2)CC1. The summed E-state index contributed by atoms with van der Waals surface area (Å²) in [5, 5.41) is 3.13. The van der Waals surface area contributed by atoms with Crippen molar-refractivity contribution in [1.82, 2.24) is 9.88 Å². The lowest BCUT2D eigenvalue weighted by molar-refractivity contribution is -0.141. The van der Waals surface area contributed by atoms with Gasteiger partial charge in [0.1, 0.15) is 5.69 Å². The minimum atomic E-state index is -4.49. The van der Waals surface area contributed by atoms with Crippen molar-refractivity contribution in [1.29, 1.82) is 0 Å². The number of benzene rings is 1. The summed E-state index contributed by atoms with van der Waals surface area (Å²) >= 11 is 0. The Hall–Kier alpha value is -2.98. The van der Waals surface area contributed by atoms with E-state index >= 15 is 0 Å². The number of nitrogens with zero attached hydrogens (tertiary/aromatic N) is 3. The van der Waals surface area contributed by atoms with E-state index in [-0.39, 0.29) is 11.9 Å². The Morgan fingerprint density at radius 3 is 2.14 bits per heavy atom. The number of pyridine rings is 1. The Bertz CT molecular complexity index is 1040. The lowest BCUT2D eigenvalue weighted by Crippen LogP contribution is -2.42. The predicted molar refractivity (Wildman–Crippen MR) is 128 cm³/mol. The minimum absolute atomic E-state index is 0.0120. The molecular formula is C26H30F6N4O. The smallest absolute Gasteiger partial charge is 0.382 e. The van der Waals surface area contributed by atoms with Crippen molar-refractivity contribution in [2.24, 2.45) is 5.92 Å². The standard InChI is InChI=1S/C26H30F6N4O/c27-25(28,29)19-2-4-22(5-3-19)35-13-8-18(9-14-35)1-6-24(37)36-15-10-20(11-16-36)34-21-7-12-33-23(17-21)26(30,31)32/h2-5,7,12,17-18,20H,1,6,8-11,13-16H2,(H,33,34). The van der Waals surface area contributed by atoms with Gasteiger partial charge in [-0.05, 0) is 74.4 Å². The fraction of sp³-hybridized carbons (Fsp3) is 0.538. The molecule has 0 bridgehead atoms. The minimum Gasteiger partial charge on any atom is -0.382 e. The predicted octanol–water partition coefficient (Wildman–Crippen LogP) is 6.22. The summed E-state index contributed by atoms with van der Waals surface area (Å²) in [5.41, 5.74) is -0.442. The number of alkyl halides is 6. The lowest BCUT2D eigenvalue weighted by atomic mass is 9.91. The number of amides is 1. The number of anilines is 2. The third-order valence-corrected chi connectivity index (χ3v) is 7.21. The molecular weight excluding hydrogens is 498 g/mol. The van der Waals surface area contributed by atoms with E-state index < -0.39 is 23.6 Å². The zero-order valence-electron chi connectivity index (χ0n) is 20.3. The second-order valence-corrected chi connectivity index (χ2v) is 9.74. The second kappa shape index (κ2) is 11.2. The summed E-state index contributed by atoms with van der Waals surface area (Å²) in [7, 11) is 0. The van der Waals surface area contributed by atoms with E-state index in [0.29, 0.717) is 44.0 Å². The first-order valence-corrected chi connectivity index (χ1v) is 12.5. The topological polar surface area (TPSA) is 48.5 Å². The van der Waals surface area contributed by atoms with Gasteiger partial charge >= 0.3 is 12.4 Å². The summed E-state index contributed by atoms with van der Waals surface area (Å²) in [6, 6.07) is 7.73. The molecule has 0 radical (unpaired) electrons. The molecule has 0 unspecified atom stereocenters. The van der Waals surface area contributed by atoms with Crippen molar-refractivity contribution in [3.8, 4) is 0 Å². The van der Waals surface area contributed by atoms with E-state index in [9.17, 15) is 31.1 Å². The van der Waals surface area contributed by atoms with Crippen LogP contribution in [0.3, 0.4) is 0 Å². The van der Waals surface area contributed by atoms with Crippen LogP contribution in [0.2, 0.25) is 0 Å². The molecule has 5 nitrogen and oxygen atoms in total. The van der Waals surface area contributed by atoms with Gasteiger partial charge in [-0.1, -0.05) is 0 Å². The van der Waals surface area contributed by atoms with Gasteiger partial charge in [-0.25, -0.2) is 0 Å². The second-order valence-electron chi connectivity index (χ2n) is 9.74. The summed E-state index contributed by atoms with van der Waals surface area (Å²) in [4.78, 5) is 20.0. The highest BCUT2D eigenvalue weighted by atomic mass is 19.4. The summed E-state index contributed by atoms with van der Waals surface area (Å²) in [6.45, 7) is 2.60. The zero-order valence-corrected chi connectivity index (χ0v) is 20.3. The number of halogens is 6. The first-order valence-electron chi connectivity index (χ1n) is 12.5. The zero-order chi connectivity index (χ0) is 26.6. The molecule has 0 aliphatic carbocycles. The Labute approximate surface area is 211 Å². The van der Waals surface area contributed by atoms with Gasteiger partial charge in [-0.3, -0.25) is 9.78 Å². The Kier molecular flexibility index (Phi) is 8.18. The monoisotopic (exact) mass is 528 g/mol. The van der Waals surface area contributed by atoms with E-state index in [1.807, 2.05) is 4.90 Å². The van der Waals surface area contributed by atoms with Crippen LogP contribution in [-0.4, -0.2) is 48.0 Å². The fourth-order valence-electron chi connectivity index (χ4n) is 5.01. The number of hydrogen-bond donors (Lipinski definition) is 1. The molecule has 1 aromatic heterocycles. The maximum Gasteiger partial charge on any atom is 0.433 e. The van der Waals surface area contributed by atoms with Crippen molar-refractivity contribution in [2.45, 2.75) is 56.9 Å². The third-order valence-electron chi connectivity index (χ3n) is 7.21. The van der Waals surface area contributed by atoms with Crippen molar-refractivity contribution < 1.29 is 31.1 Å². The summed E-state index contributed by atoms with van der Waals surface area (Å²) in [6.07, 6.45) is -3.41. The molecule has 0 saturated carbocycles. The average molecular weight is 529 g/mol. The van der Waals surface area contributed by atoms with E-state index in [1.165, 1.54) is 18.2 Å². The lowest BCUT2D eigenvalue weighted by Gasteiger charge is -2.35. The van der Waals surface area contributed by atoms with Gasteiger partial charge in [-0.2, -0.15) is 26.3 Å². The van der Waals surface area contributed by atoms with E-state index in [4.69, 9.17) is 0 Å². The van der Waals surface area contributed by atoms with Crippen LogP contribution in [0.15, 0.2) is 42.6 Å². The van der Waals surface area contributed by atoms with Gasteiger partial charge in [0.15, 0.2) is 0 Å². The van der Waals surface area contributed by atoms with Gasteiger partial charge < -0.3 is 15.1 Å². The number of likely N-dealkylation sites (tertiary alicyclic amines) is 1. The summed E-state index contributed by atoms with van der Waals surface area (Å²) in [5.74, 6) is 0.482. The highest BCUT2D eigenvalue weighted by molar-refractivity contribution is 5.76. The molecule has 2 aliphatic rings. The molecule has 1 aromatic carbocycles. The first kappa shape index (κ1) is 27.1. The van der Waals surface area contributed by atoms with Gasteiger partial charge in [-0.15, -0.1) is 0 Å². The Balaban J connectivity index is 1.16. The van der Waals surface area contributed by atoms with Crippen molar-refractivity contribution >= 4 is 17.3 Å². The highest BCUT2D eigenvalue weighted by Crippen LogP contribution is 2.32. The van der Waals surface area contributed by atoms with Crippen LogP contribution >= 0.6 is 0 Å². The molecule has 1 amide bonds. The molecule has 2 saturated heterocycles. The fourth-order valence-corrected chi connectivity index (χ4v) is 5.01. The molecule has 2 aliphatic heterocycles. The normalized spacial score (nSPS) is 18.2. The van der Waals surface area contributed by atoms with Crippen LogP contribution in [0, 0.1) is 5.92 Å². The quantitative estimate of drug-likeness (QED) is 0.453. The van der Waals surface area contributed by atoms with Gasteiger partial charge in [0.05, 0.1) is 5.56 Å². The van der Waals surface area contributed by atoms with Gasteiger partial charge in [0.25, 0.3) is 0 Å². The van der Waals surface area contributed by atoms with Crippen molar-refractivity contribution in [2.75, 3.05) is 36.4 Å². The van der Waals surface area contributed by atoms with Crippen LogP contribution in [0.25, 0.3) is 0 Å². The molecule has 0 spiro atoms. The molecule has 37 heavy (non-hydrogen) atoms. The number of aromatic nitrogens is 1. The van der Waals surface area contributed by atoms with E-state index in [2.05, 4.69) is 15.2 Å². The number of piperidine rings is 2. The number of hydrogen-bond acceptors (Lipinski definition) is 4. The molecule has 202 valence electrons. The van der Waals surface area contributed by atoms with Gasteiger partial charge in [0, 0.05) is 56.2 Å². The molecule has 3 heterocycles. The van der Waals surface area contributed by atoms with E-state index in [0.717, 1.165) is 62.4 Å². The Morgan fingerprint density at radius 1 is 0.892 bits per heavy atom. The maximum atomic E-state index is 12.9. The molecule has 11 heteroatoms. The van der Waals surface area contributed by atoms with Crippen LogP contribution < -0.4 is 10.2 Å². The largest absolute Gasteiger partial charge is 0.433 e. The third kappa shape index (κ3) is 7.29. The maximum absolute atomic E-state index is 12.9. The molecule has 2 fully saturated rings. The highest BCUT2D eigenvalue weighted by Gasteiger charge is 2.33. The molecule has 1 N–H and O–H groups in total. The molecule has 4 rings (SSSR count). The van der Waals surface area contributed by atoms with Crippen molar-refractivity contribution in [3.63, 3.8) is 0 Å². The molecule has 0 atom stereocenters. The van der Waals surface area contributed by atoms with Crippen LogP contribution in [0.5, 0.6) is 0 Å². The first-order chi connectivity index (χ1) is 17.5.